The number of hydrogen-bond donors (Lipinski definition) is 1. The van der Waals surface area contributed by atoms with Crippen LogP contribution in [-0.4, -0.2) is 10.9 Å². The van der Waals surface area contributed by atoms with E-state index in [2.05, 4.69) is 5.16 Å². The van der Waals surface area contributed by atoms with Gasteiger partial charge in [0.15, 0.2) is 0 Å². The molecule has 0 heterocycles. The second-order valence-corrected chi connectivity index (χ2v) is 5.02. The van der Waals surface area contributed by atoms with Crippen LogP contribution in [-0.2, 0) is 12.4 Å². The monoisotopic (exact) mass is 347 g/mol. The highest BCUT2D eigenvalue weighted by atomic mass is 19.4. The maximum Gasteiger partial charge on any atom is 0.416 e. The van der Waals surface area contributed by atoms with Crippen molar-refractivity contribution < 1.29 is 31.5 Å². The molecule has 0 unspecified atom stereocenters. The summed E-state index contributed by atoms with van der Waals surface area (Å²) in [4.78, 5) is 0. The van der Waals surface area contributed by atoms with Crippen molar-refractivity contribution in [1.29, 1.82) is 0 Å². The van der Waals surface area contributed by atoms with E-state index in [4.69, 9.17) is 5.21 Å². The first-order valence-electron chi connectivity index (χ1n) is 6.62. The van der Waals surface area contributed by atoms with Crippen molar-refractivity contribution in [2.75, 3.05) is 0 Å². The van der Waals surface area contributed by atoms with Crippen molar-refractivity contribution in [3.63, 3.8) is 0 Å². The van der Waals surface area contributed by atoms with E-state index in [1.807, 2.05) is 0 Å². The molecule has 0 amide bonds. The van der Waals surface area contributed by atoms with Gasteiger partial charge in [0.2, 0.25) is 0 Å². The van der Waals surface area contributed by atoms with Crippen LogP contribution in [0.3, 0.4) is 0 Å². The predicted octanol–water partition coefficient (Wildman–Crippen LogP) is 5.59. The molecular formula is C16H11F6NO. The minimum atomic E-state index is -4.59. The maximum atomic E-state index is 12.8. The van der Waals surface area contributed by atoms with Gasteiger partial charge < -0.3 is 5.21 Å². The van der Waals surface area contributed by atoms with Gasteiger partial charge in [0.1, 0.15) is 0 Å². The molecular weight excluding hydrogens is 336 g/mol. The van der Waals surface area contributed by atoms with Crippen LogP contribution in [0.1, 0.15) is 23.6 Å². The van der Waals surface area contributed by atoms with Crippen molar-refractivity contribution in [1.82, 2.24) is 0 Å². The summed E-state index contributed by atoms with van der Waals surface area (Å²) >= 11 is 0. The Morgan fingerprint density at radius 3 is 1.79 bits per heavy atom. The lowest BCUT2D eigenvalue weighted by Gasteiger charge is -2.14. The van der Waals surface area contributed by atoms with E-state index in [1.165, 1.54) is 6.92 Å². The highest BCUT2D eigenvalue weighted by Crippen LogP contribution is 2.35. The van der Waals surface area contributed by atoms with Gasteiger partial charge in [0.25, 0.3) is 0 Å². The number of benzene rings is 2. The first-order chi connectivity index (χ1) is 11.0. The molecule has 0 aromatic heterocycles. The fraction of sp³-hybridized carbons (Fsp3) is 0.188. The number of nitrogens with zero attached hydrogens (tertiary/aromatic N) is 1. The summed E-state index contributed by atoms with van der Waals surface area (Å²) in [7, 11) is 0. The first kappa shape index (κ1) is 17.8. The Bertz CT molecular complexity index is 760. The second kappa shape index (κ2) is 6.18. The standard InChI is InChI=1S/C16H11F6NO/c1-9(23-24)14-8-12(16(20,21)22)6-7-13(14)10-2-4-11(5-3-10)15(17,18)19/h2-8,24H,1H3/b23-9+. The molecule has 0 atom stereocenters. The van der Waals surface area contributed by atoms with E-state index in [0.29, 0.717) is 0 Å². The molecule has 0 radical (unpaired) electrons. The molecule has 24 heavy (non-hydrogen) atoms. The molecule has 0 fully saturated rings. The number of hydrogen-bond acceptors (Lipinski definition) is 2. The first-order valence-corrected chi connectivity index (χ1v) is 6.62. The van der Waals surface area contributed by atoms with E-state index in [-0.39, 0.29) is 22.4 Å². The molecule has 2 aromatic rings. The third-order valence-corrected chi connectivity index (χ3v) is 3.41. The second-order valence-electron chi connectivity index (χ2n) is 5.02. The SMILES string of the molecule is C/C(=N\O)c1cc(C(F)(F)F)ccc1-c1ccc(C(F)(F)F)cc1. The van der Waals surface area contributed by atoms with Crippen LogP contribution < -0.4 is 0 Å². The Morgan fingerprint density at radius 2 is 1.33 bits per heavy atom. The number of rotatable bonds is 2. The zero-order chi connectivity index (χ0) is 18.1. The number of oxime groups is 1. The van der Waals surface area contributed by atoms with Crippen molar-refractivity contribution in [3.8, 4) is 11.1 Å². The minimum Gasteiger partial charge on any atom is -0.411 e. The quantitative estimate of drug-likeness (QED) is 0.327. The highest BCUT2D eigenvalue weighted by Gasteiger charge is 2.32. The number of alkyl halides is 6. The van der Waals surface area contributed by atoms with Crippen molar-refractivity contribution in [2.45, 2.75) is 19.3 Å². The van der Waals surface area contributed by atoms with E-state index < -0.39 is 23.5 Å². The van der Waals surface area contributed by atoms with Gasteiger partial charge in [-0.2, -0.15) is 26.3 Å². The van der Waals surface area contributed by atoms with Gasteiger partial charge in [0.05, 0.1) is 16.8 Å². The molecule has 2 aromatic carbocycles. The van der Waals surface area contributed by atoms with Gasteiger partial charge in [-0.25, -0.2) is 0 Å². The Hall–Kier alpha value is -2.51. The molecule has 128 valence electrons. The van der Waals surface area contributed by atoms with Crippen molar-refractivity contribution in [2.24, 2.45) is 5.16 Å². The molecule has 8 heteroatoms. The summed E-state index contributed by atoms with van der Waals surface area (Å²) in [6.45, 7) is 1.29. The zero-order valence-electron chi connectivity index (χ0n) is 12.2. The summed E-state index contributed by atoms with van der Waals surface area (Å²) in [6.07, 6.45) is -9.10. The summed E-state index contributed by atoms with van der Waals surface area (Å²) in [5, 5.41) is 11.8. The van der Waals surface area contributed by atoms with Gasteiger partial charge >= 0.3 is 12.4 Å². The fourth-order valence-electron chi connectivity index (χ4n) is 2.16. The number of halogens is 6. The summed E-state index contributed by atoms with van der Waals surface area (Å²) < 4.78 is 76.3. The van der Waals surface area contributed by atoms with Crippen molar-refractivity contribution >= 4 is 5.71 Å². The molecule has 0 saturated heterocycles. The minimum absolute atomic E-state index is 0.0212. The Labute approximate surface area is 133 Å². The van der Waals surface area contributed by atoms with Crippen LogP contribution in [0.2, 0.25) is 0 Å². The predicted molar refractivity (Wildman–Crippen MR) is 75.9 cm³/mol. The summed E-state index contributed by atoms with van der Waals surface area (Å²) in [5.74, 6) is 0. The van der Waals surface area contributed by atoms with Gasteiger partial charge in [-0.3, -0.25) is 0 Å². The molecule has 0 bridgehead atoms. The molecule has 0 aliphatic rings. The van der Waals surface area contributed by atoms with Gasteiger partial charge in [0, 0.05) is 5.56 Å². The highest BCUT2D eigenvalue weighted by molar-refractivity contribution is 6.04. The zero-order valence-corrected chi connectivity index (χ0v) is 12.2. The summed E-state index contributed by atoms with van der Waals surface area (Å²) in [6, 6.07) is 6.72. The molecule has 1 N–H and O–H groups in total. The van der Waals surface area contributed by atoms with Crippen LogP contribution in [0, 0.1) is 0 Å². The van der Waals surface area contributed by atoms with Crippen LogP contribution in [0.4, 0.5) is 26.3 Å². The molecule has 0 spiro atoms. The van der Waals surface area contributed by atoms with E-state index in [0.717, 1.165) is 42.5 Å². The summed E-state index contributed by atoms with van der Waals surface area (Å²) in [5.41, 5.74) is -1.42. The molecule has 0 aliphatic heterocycles. The van der Waals surface area contributed by atoms with E-state index >= 15 is 0 Å². The average molecular weight is 347 g/mol. The Morgan fingerprint density at radius 1 is 0.833 bits per heavy atom. The van der Waals surface area contributed by atoms with Crippen LogP contribution in [0.25, 0.3) is 11.1 Å². The van der Waals surface area contributed by atoms with Crippen LogP contribution >= 0.6 is 0 Å². The normalized spacial score (nSPS) is 13.2. The van der Waals surface area contributed by atoms with Crippen LogP contribution in [0.5, 0.6) is 0 Å². The van der Waals surface area contributed by atoms with E-state index in [1.54, 1.807) is 0 Å². The Kier molecular flexibility index (Phi) is 4.59. The van der Waals surface area contributed by atoms with E-state index in [9.17, 15) is 26.3 Å². The lowest BCUT2D eigenvalue weighted by molar-refractivity contribution is -0.138. The van der Waals surface area contributed by atoms with Gasteiger partial charge in [-0.1, -0.05) is 23.4 Å². The third-order valence-electron chi connectivity index (χ3n) is 3.41. The Balaban J connectivity index is 2.57. The van der Waals surface area contributed by atoms with Gasteiger partial charge in [-0.15, -0.1) is 0 Å². The van der Waals surface area contributed by atoms with Crippen molar-refractivity contribution in [3.05, 3.63) is 59.2 Å². The molecule has 2 rings (SSSR count). The maximum absolute atomic E-state index is 12.8. The van der Waals surface area contributed by atoms with Crippen LogP contribution in [0.15, 0.2) is 47.6 Å². The molecule has 0 aliphatic carbocycles. The molecule has 0 saturated carbocycles. The fourth-order valence-corrected chi connectivity index (χ4v) is 2.16. The third kappa shape index (κ3) is 3.69. The largest absolute Gasteiger partial charge is 0.416 e. The van der Waals surface area contributed by atoms with Gasteiger partial charge in [-0.05, 0) is 42.3 Å². The smallest absolute Gasteiger partial charge is 0.411 e. The lowest BCUT2D eigenvalue weighted by atomic mass is 9.94. The average Bonchev–Trinajstić information content (AvgIpc) is 2.52. The topological polar surface area (TPSA) is 32.6 Å². The lowest BCUT2D eigenvalue weighted by Crippen LogP contribution is -2.08. The molecule has 2 nitrogen and oxygen atoms in total.